The number of halogens is 9. The quantitative estimate of drug-likeness (QED) is 0.0607. The van der Waals surface area contributed by atoms with Gasteiger partial charge in [-0.15, -0.1) is 0 Å². The number of benzene rings is 5. The second-order valence-corrected chi connectivity index (χ2v) is 11.5. The maximum absolute atomic E-state index is 13.0. The number of hydrogen-bond acceptors (Lipinski definition) is 9. The molecule has 0 heterocycles. The van der Waals surface area contributed by atoms with Crippen molar-refractivity contribution in [2.75, 3.05) is 0 Å². The fourth-order valence-electron chi connectivity index (χ4n) is 4.78. The molecule has 3 N–H and O–H groups in total. The number of carbonyl (C=O) groups excluding carboxylic acids is 3. The summed E-state index contributed by atoms with van der Waals surface area (Å²) in [5, 5.41) is 30.1. The van der Waals surface area contributed by atoms with E-state index in [0.717, 1.165) is 12.1 Å². The first-order chi connectivity index (χ1) is 26.1. The molecule has 0 aliphatic heterocycles. The molecule has 290 valence electrons. The van der Waals surface area contributed by atoms with E-state index in [0.29, 0.717) is 54.1 Å². The van der Waals surface area contributed by atoms with Crippen molar-refractivity contribution >= 4 is 30.1 Å². The molecule has 9 nitrogen and oxygen atoms in total. The minimum absolute atomic E-state index is 0.0763. The second-order valence-electron chi connectivity index (χ2n) is 11.5. The van der Waals surface area contributed by atoms with Crippen molar-refractivity contribution in [2.45, 2.75) is 18.5 Å². The van der Waals surface area contributed by atoms with Crippen LogP contribution in [-0.4, -0.2) is 33.2 Å². The van der Waals surface area contributed by atoms with Crippen molar-refractivity contribution in [3.8, 4) is 34.5 Å². The Labute approximate surface area is 308 Å². The Bertz CT molecular complexity index is 2250. The molecule has 0 saturated heterocycles. The minimum atomic E-state index is -4.84. The average Bonchev–Trinajstić information content (AvgIpc) is 3.09. The van der Waals surface area contributed by atoms with Gasteiger partial charge in [0.1, 0.15) is 51.2 Å². The maximum Gasteiger partial charge on any atom is 0.416 e. The normalized spacial score (nSPS) is 12.0. The molecule has 0 aliphatic carbocycles. The molecule has 0 amide bonds. The monoisotopic (exact) mass is 792 g/mol. The summed E-state index contributed by atoms with van der Waals surface area (Å²) in [6.45, 7) is 0. The topological polar surface area (TPSA) is 140 Å². The van der Waals surface area contributed by atoms with Crippen molar-refractivity contribution in [1.82, 2.24) is 0 Å². The predicted octanol–water partition coefficient (Wildman–Crippen LogP) is 9.69. The number of carbonyl (C=O) groups is 3. The molecule has 0 atom stereocenters. The highest BCUT2D eigenvalue weighted by molar-refractivity contribution is 5.96. The number of hydrogen-bond donors (Lipinski definition) is 3. The molecule has 0 aliphatic rings. The van der Waals surface area contributed by atoms with E-state index in [1.807, 2.05) is 0 Å². The largest absolute Gasteiger partial charge is 0.507 e. The molecule has 5 aromatic rings. The Morgan fingerprint density at radius 3 is 1.05 bits per heavy atom. The first-order valence-electron chi connectivity index (χ1n) is 15.4. The predicted molar refractivity (Wildman–Crippen MR) is 176 cm³/mol. The third-order valence-corrected chi connectivity index (χ3v) is 7.52. The van der Waals surface area contributed by atoms with Crippen molar-refractivity contribution < 1.29 is 83.4 Å². The van der Waals surface area contributed by atoms with Crippen LogP contribution in [0.15, 0.2) is 97.1 Å². The van der Waals surface area contributed by atoms with Gasteiger partial charge in [-0.25, -0.2) is 14.4 Å². The van der Waals surface area contributed by atoms with Crippen LogP contribution < -0.4 is 14.2 Å². The van der Waals surface area contributed by atoms with Gasteiger partial charge in [0.25, 0.3) is 0 Å². The SMILES string of the molecule is O=C(Oc1ccc(/C=C/c2cc(OC(=O)c3ccc(C(F)(F)F)cc3O)cc(OC(=O)c3ccc(C(F)(F)F)cc3O)c2)cc1)c1ccc(C(F)(F)F)cc1O. The number of ether oxygens (including phenoxy) is 3. The molecule has 0 fully saturated rings. The number of alkyl halides is 9. The van der Waals surface area contributed by atoms with Crippen LogP contribution in [0.2, 0.25) is 0 Å². The van der Waals surface area contributed by atoms with Crippen LogP contribution in [0.5, 0.6) is 34.5 Å². The highest BCUT2D eigenvalue weighted by Gasteiger charge is 2.34. The van der Waals surface area contributed by atoms with Crippen molar-refractivity contribution in [2.24, 2.45) is 0 Å². The first kappa shape index (κ1) is 40.2. The van der Waals surface area contributed by atoms with E-state index in [2.05, 4.69) is 0 Å². The Balaban J connectivity index is 1.39. The smallest absolute Gasteiger partial charge is 0.416 e. The summed E-state index contributed by atoms with van der Waals surface area (Å²) in [5.41, 5.74) is -5.09. The summed E-state index contributed by atoms with van der Waals surface area (Å²) >= 11 is 0. The molecule has 0 radical (unpaired) electrons. The third kappa shape index (κ3) is 9.76. The number of phenols is 3. The Morgan fingerprint density at radius 1 is 0.411 bits per heavy atom. The van der Waals surface area contributed by atoms with Gasteiger partial charge in [-0.2, -0.15) is 39.5 Å². The number of phenolic OH excluding ortho intramolecular Hbond substituents is 3. The van der Waals surface area contributed by atoms with Crippen LogP contribution in [0.1, 0.15) is 58.9 Å². The highest BCUT2D eigenvalue weighted by Crippen LogP contribution is 2.36. The summed E-state index contributed by atoms with van der Waals surface area (Å²) in [6, 6.07) is 13.4. The highest BCUT2D eigenvalue weighted by atomic mass is 19.4. The lowest BCUT2D eigenvalue weighted by atomic mass is 10.1. The average molecular weight is 793 g/mol. The molecular weight excluding hydrogens is 771 g/mol. The van der Waals surface area contributed by atoms with Crippen LogP contribution >= 0.6 is 0 Å². The molecule has 5 aromatic carbocycles. The van der Waals surface area contributed by atoms with E-state index in [1.54, 1.807) is 0 Å². The van der Waals surface area contributed by atoms with E-state index >= 15 is 0 Å². The lowest BCUT2D eigenvalue weighted by Crippen LogP contribution is -2.12. The van der Waals surface area contributed by atoms with Gasteiger partial charge in [0.05, 0.1) is 16.7 Å². The van der Waals surface area contributed by atoms with Gasteiger partial charge in [-0.1, -0.05) is 24.3 Å². The van der Waals surface area contributed by atoms with E-state index in [4.69, 9.17) is 14.2 Å². The first-order valence-corrected chi connectivity index (χ1v) is 15.4. The van der Waals surface area contributed by atoms with E-state index in [1.165, 1.54) is 48.6 Å². The molecule has 0 unspecified atom stereocenters. The molecule has 5 rings (SSSR count). The standard InChI is InChI=1S/C38H21F9O9/c39-36(40,41)21-5-10-27(30(48)15-21)33(51)54-24-8-3-19(4-9-24)1-2-20-13-25(55-34(52)28-11-6-22(16-31(28)49)37(42,43)44)18-26(14-20)56-35(53)29-12-7-23(17-32(29)50)38(45,46)47/h1-18,48-50H/b2-1+. The van der Waals surface area contributed by atoms with Crippen LogP contribution in [-0.2, 0) is 18.5 Å². The van der Waals surface area contributed by atoms with E-state index < -0.39 is 98.6 Å². The van der Waals surface area contributed by atoms with Gasteiger partial charge < -0.3 is 29.5 Å². The van der Waals surface area contributed by atoms with Gasteiger partial charge >= 0.3 is 36.4 Å². The summed E-state index contributed by atoms with van der Waals surface area (Å²) in [5.74, 6) is -7.83. The zero-order chi connectivity index (χ0) is 41.2. The Hall–Kier alpha value is -6.98. The molecule has 56 heavy (non-hydrogen) atoms. The van der Waals surface area contributed by atoms with E-state index in [-0.39, 0.29) is 11.3 Å². The van der Waals surface area contributed by atoms with Crippen molar-refractivity contribution in [1.29, 1.82) is 0 Å². The van der Waals surface area contributed by atoms with Gasteiger partial charge in [-0.3, -0.25) is 0 Å². The third-order valence-electron chi connectivity index (χ3n) is 7.52. The van der Waals surface area contributed by atoms with Crippen LogP contribution in [0.25, 0.3) is 12.2 Å². The Kier molecular flexibility index (Phi) is 11.1. The fourth-order valence-corrected chi connectivity index (χ4v) is 4.78. The lowest BCUT2D eigenvalue weighted by molar-refractivity contribution is -0.138. The van der Waals surface area contributed by atoms with E-state index in [9.17, 15) is 69.2 Å². The Morgan fingerprint density at radius 2 is 0.732 bits per heavy atom. The van der Waals surface area contributed by atoms with Gasteiger partial charge in [0.2, 0.25) is 0 Å². The van der Waals surface area contributed by atoms with Gasteiger partial charge in [-0.05, 0) is 90.0 Å². The molecule has 0 bridgehead atoms. The van der Waals surface area contributed by atoms with Gasteiger partial charge in [0, 0.05) is 6.07 Å². The lowest BCUT2D eigenvalue weighted by Gasteiger charge is -2.12. The van der Waals surface area contributed by atoms with Crippen LogP contribution in [0, 0.1) is 0 Å². The van der Waals surface area contributed by atoms with Crippen LogP contribution in [0.3, 0.4) is 0 Å². The van der Waals surface area contributed by atoms with Crippen molar-refractivity contribution in [3.05, 3.63) is 142 Å². The molecule has 0 spiro atoms. The number of esters is 3. The summed E-state index contributed by atoms with van der Waals surface area (Å²) < 4.78 is 133. The maximum atomic E-state index is 13.0. The second kappa shape index (κ2) is 15.4. The molecule has 0 aromatic heterocycles. The summed E-state index contributed by atoms with van der Waals surface area (Å²) in [4.78, 5) is 38.2. The molecule has 18 heteroatoms. The molecule has 0 saturated carbocycles. The minimum Gasteiger partial charge on any atom is -0.507 e. The fraction of sp³-hybridized carbons (Fsp3) is 0.0789. The van der Waals surface area contributed by atoms with Gasteiger partial charge in [0.15, 0.2) is 0 Å². The zero-order valence-corrected chi connectivity index (χ0v) is 27.6. The van der Waals surface area contributed by atoms with Crippen LogP contribution in [0.4, 0.5) is 39.5 Å². The summed E-state index contributed by atoms with van der Waals surface area (Å²) in [7, 11) is 0. The van der Waals surface area contributed by atoms with Crippen molar-refractivity contribution in [3.63, 3.8) is 0 Å². The molecular formula is C38H21F9O9. The number of rotatable bonds is 8. The number of aromatic hydroxyl groups is 3. The summed E-state index contributed by atoms with van der Waals surface area (Å²) in [6.07, 6.45) is -11.7. The zero-order valence-electron chi connectivity index (χ0n) is 27.6.